The van der Waals surface area contributed by atoms with Gasteiger partial charge in [-0.1, -0.05) is 17.7 Å². The van der Waals surface area contributed by atoms with Gasteiger partial charge in [0.2, 0.25) is 5.52 Å². The highest BCUT2D eigenvalue weighted by molar-refractivity contribution is 6.30. The number of fused-ring (bicyclic) bond motifs is 1. The third-order valence-electron chi connectivity index (χ3n) is 4.36. The third kappa shape index (κ3) is 2.85. The van der Waals surface area contributed by atoms with E-state index in [4.69, 9.17) is 16.2 Å². The minimum absolute atomic E-state index is 0.0995. The Morgan fingerprint density at radius 2 is 1.76 bits per heavy atom. The third-order valence-corrected chi connectivity index (χ3v) is 4.60. The first-order valence-corrected chi connectivity index (χ1v) is 8.16. The van der Waals surface area contributed by atoms with Crippen LogP contribution in [0.2, 0.25) is 5.02 Å². The number of nitro groups is 1. The van der Waals surface area contributed by atoms with Crippen molar-refractivity contribution in [3.8, 4) is 0 Å². The number of piperazine rings is 1. The molecule has 3 aromatic rings. The Hall–Kier alpha value is -2.87. The van der Waals surface area contributed by atoms with Crippen LogP contribution in [0.1, 0.15) is 0 Å². The van der Waals surface area contributed by atoms with Crippen molar-refractivity contribution in [2.75, 3.05) is 36.0 Å². The van der Waals surface area contributed by atoms with Gasteiger partial charge in [-0.25, -0.2) is 4.63 Å². The lowest BCUT2D eigenvalue weighted by molar-refractivity contribution is -0.383. The van der Waals surface area contributed by atoms with Crippen LogP contribution in [0.3, 0.4) is 0 Å². The van der Waals surface area contributed by atoms with Gasteiger partial charge in [-0.2, -0.15) is 0 Å². The Morgan fingerprint density at radius 3 is 2.48 bits per heavy atom. The van der Waals surface area contributed by atoms with Crippen LogP contribution in [-0.2, 0) is 0 Å². The van der Waals surface area contributed by atoms with Crippen molar-refractivity contribution in [3.05, 3.63) is 51.5 Å². The number of benzene rings is 2. The molecular formula is C16H14ClN5O3. The van der Waals surface area contributed by atoms with E-state index in [9.17, 15) is 10.1 Å². The highest BCUT2D eigenvalue weighted by Crippen LogP contribution is 2.32. The van der Waals surface area contributed by atoms with Crippen molar-refractivity contribution in [1.82, 2.24) is 10.3 Å². The lowest BCUT2D eigenvalue weighted by Crippen LogP contribution is -2.46. The maximum absolute atomic E-state index is 11.1. The highest BCUT2D eigenvalue weighted by atomic mass is 35.5. The summed E-state index contributed by atoms with van der Waals surface area (Å²) in [6, 6.07) is 10.9. The monoisotopic (exact) mass is 359 g/mol. The van der Waals surface area contributed by atoms with Crippen molar-refractivity contribution < 1.29 is 9.55 Å². The largest absolute Gasteiger partial charge is 0.368 e. The minimum atomic E-state index is -0.479. The van der Waals surface area contributed by atoms with Crippen molar-refractivity contribution >= 4 is 39.7 Å². The first-order chi connectivity index (χ1) is 12.1. The smallest absolute Gasteiger partial charge is 0.300 e. The fourth-order valence-electron chi connectivity index (χ4n) is 3.12. The lowest BCUT2D eigenvalue weighted by atomic mass is 10.2. The first-order valence-electron chi connectivity index (χ1n) is 7.78. The summed E-state index contributed by atoms with van der Waals surface area (Å²) < 4.78 is 4.73. The van der Waals surface area contributed by atoms with Gasteiger partial charge in [0.05, 0.1) is 10.6 Å². The van der Waals surface area contributed by atoms with Crippen LogP contribution in [0.25, 0.3) is 11.0 Å². The molecule has 0 N–H and O–H groups in total. The number of aromatic nitrogens is 2. The number of hydrogen-bond acceptors (Lipinski definition) is 7. The topological polar surface area (TPSA) is 88.5 Å². The molecule has 1 aromatic heterocycles. The molecule has 1 aliphatic rings. The zero-order valence-corrected chi connectivity index (χ0v) is 13.9. The Balaban J connectivity index is 1.57. The second kappa shape index (κ2) is 6.21. The second-order valence-corrected chi connectivity index (χ2v) is 6.21. The van der Waals surface area contributed by atoms with E-state index in [1.807, 2.05) is 24.3 Å². The number of halogens is 1. The van der Waals surface area contributed by atoms with E-state index >= 15 is 0 Å². The predicted molar refractivity (Wildman–Crippen MR) is 94.3 cm³/mol. The van der Waals surface area contributed by atoms with Gasteiger partial charge in [-0.05, 0) is 34.6 Å². The van der Waals surface area contributed by atoms with E-state index in [1.165, 1.54) is 6.07 Å². The van der Waals surface area contributed by atoms with Crippen molar-refractivity contribution in [1.29, 1.82) is 0 Å². The molecule has 9 heteroatoms. The summed E-state index contributed by atoms with van der Waals surface area (Å²) in [6.07, 6.45) is 0. The number of rotatable bonds is 3. The van der Waals surface area contributed by atoms with E-state index in [-0.39, 0.29) is 11.2 Å². The average molecular weight is 360 g/mol. The fraction of sp³-hybridized carbons (Fsp3) is 0.250. The van der Waals surface area contributed by atoms with Gasteiger partial charge in [0.25, 0.3) is 0 Å². The van der Waals surface area contributed by atoms with Gasteiger partial charge < -0.3 is 9.80 Å². The molecule has 0 saturated carbocycles. The van der Waals surface area contributed by atoms with Crippen LogP contribution in [-0.4, -0.2) is 41.4 Å². The van der Waals surface area contributed by atoms with Crippen molar-refractivity contribution in [2.24, 2.45) is 0 Å². The molecule has 1 saturated heterocycles. The Labute approximate surface area is 147 Å². The number of anilines is 2. The summed E-state index contributed by atoms with van der Waals surface area (Å²) in [6.45, 7) is 3.13. The quantitative estimate of drug-likeness (QED) is 0.524. The van der Waals surface area contributed by atoms with E-state index in [0.717, 1.165) is 37.6 Å². The van der Waals surface area contributed by atoms with Crippen LogP contribution < -0.4 is 9.80 Å². The van der Waals surface area contributed by atoms with Crippen molar-refractivity contribution in [2.45, 2.75) is 0 Å². The maximum atomic E-state index is 11.1. The van der Waals surface area contributed by atoms with Crippen molar-refractivity contribution in [3.63, 3.8) is 0 Å². The maximum Gasteiger partial charge on any atom is 0.300 e. The van der Waals surface area contributed by atoms with Gasteiger partial charge in [0, 0.05) is 43.0 Å². The number of hydrogen-bond donors (Lipinski definition) is 0. The summed E-state index contributed by atoms with van der Waals surface area (Å²) in [5, 5.41) is 19.4. The fourth-order valence-corrected chi connectivity index (χ4v) is 3.31. The van der Waals surface area contributed by atoms with E-state index in [2.05, 4.69) is 20.1 Å². The molecule has 0 spiro atoms. The molecule has 2 heterocycles. The summed E-state index contributed by atoms with van der Waals surface area (Å²) in [5.74, 6) is 0. The van der Waals surface area contributed by atoms with Gasteiger partial charge in [0.1, 0.15) is 0 Å². The molecule has 25 heavy (non-hydrogen) atoms. The molecular weight excluding hydrogens is 346 g/mol. The van der Waals surface area contributed by atoms with Crippen LogP contribution in [0.15, 0.2) is 41.0 Å². The summed E-state index contributed by atoms with van der Waals surface area (Å²) >= 11 is 6.06. The SMILES string of the molecule is O=[N+]([O-])c1ccc(N2CCN(c3cccc(Cl)c3)CC2)c2nonc12. The standard InChI is InChI=1S/C16H14ClN5O3/c17-11-2-1-3-12(10-11)20-6-8-21(9-7-20)13-4-5-14(22(23)24)16-15(13)18-25-19-16/h1-5,10H,6-9H2. The molecule has 8 nitrogen and oxygen atoms in total. The van der Waals surface area contributed by atoms with Gasteiger partial charge in [-0.3, -0.25) is 10.1 Å². The van der Waals surface area contributed by atoms with Gasteiger partial charge in [0.15, 0.2) is 5.52 Å². The zero-order valence-electron chi connectivity index (χ0n) is 13.1. The first kappa shape index (κ1) is 15.6. The summed E-state index contributed by atoms with van der Waals surface area (Å²) in [4.78, 5) is 15.0. The summed E-state index contributed by atoms with van der Waals surface area (Å²) in [7, 11) is 0. The number of non-ortho nitro benzene ring substituents is 1. The number of nitrogens with zero attached hydrogens (tertiary/aromatic N) is 5. The molecule has 0 atom stereocenters. The number of nitro benzene ring substituents is 1. The molecule has 1 aliphatic heterocycles. The second-order valence-electron chi connectivity index (χ2n) is 5.78. The minimum Gasteiger partial charge on any atom is -0.368 e. The molecule has 128 valence electrons. The normalized spacial score (nSPS) is 14.9. The lowest BCUT2D eigenvalue weighted by Gasteiger charge is -2.37. The highest BCUT2D eigenvalue weighted by Gasteiger charge is 2.25. The molecule has 1 fully saturated rings. The van der Waals surface area contributed by atoms with Gasteiger partial charge >= 0.3 is 5.69 Å². The molecule has 0 aliphatic carbocycles. The molecule has 2 aromatic carbocycles. The molecule has 0 unspecified atom stereocenters. The Bertz CT molecular complexity index is 936. The van der Waals surface area contributed by atoms with E-state index < -0.39 is 4.92 Å². The van der Waals surface area contributed by atoms with Crippen LogP contribution >= 0.6 is 11.6 Å². The molecule has 0 bridgehead atoms. The van der Waals surface area contributed by atoms with E-state index in [0.29, 0.717) is 10.5 Å². The zero-order chi connectivity index (χ0) is 17.4. The predicted octanol–water partition coefficient (Wildman–Crippen LogP) is 3.11. The Morgan fingerprint density at radius 1 is 1.04 bits per heavy atom. The van der Waals surface area contributed by atoms with Gasteiger partial charge in [-0.15, -0.1) is 0 Å². The van der Waals surface area contributed by atoms with Crippen LogP contribution in [0.4, 0.5) is 17.1 Å². The average Bonchev–Trinajstić information content (AvgIpc) is 3.10. The molecule has 4 rings (SSSR count). The van der Waals surface area contributed by atoms with Crippen LogP contribution in [0.5, 0.6) is 0 Å². The molecule has 0 radical (unpaired) electrons. The van der Waals surface area contributed by atoms with Crippen LogP contribution in [0, 0.1) is 10.1 Å². The Kier molecular flexibility index (Phi) is 3.89. The van der Waals surface area contributed by atoms with E-state index in [1.54, 1.807) is 6.07 Å². The molecule has 0 amide bonds. The summed E-state index contributed by atoms with van der Waals surface area (Å²) in [5.41, 5.74) is 2.39.